The number of rotatable bonds is 5. The number of nitrogens with one attached hydrogen (secondary N) is 2. The van der Waals surface area contributed by atoms with Gasteiger partial charge in [-0.15, -0.1) is 10.2 Å². The van der Waals surface area contributed by atoms with Gasteiger partial charge in [0.15, 0.2) is 0 Å². The molecule has 1 saturated carbocycles. The van der Waals surface area contributed by atoms with Crippen molar-refractivity contribution in [1.82, 2.24) is 30.3 Å². The standard InChI is InChI=1S/C20H32N6O2/c27-18(12-15-4-2-1-3-5-15)22-14-19(28)25-9-6-16(7-10-25)20-24-23-17-13-21-8-11-26(17)20/h15-16,21H,1-14H2,(H,22,27). The second-order valence-corrected chi connectivity index (χ2v) is 8.44. The molecule has 0 unspecified atom stereocenters. The minimum Gasteiger partial charge on any atom is -0.347 e. The molecule has 1 aromatic heterocycles. The highest BCUT2D eigenvalue weighted by atomic mass is 16.2. The number of hydrogen-bond donors (Lipinski definition) is 2. The van der Waals surface area contributed by atoms with Gasteiger partial charge in [0.1, 0.15) is 11.6 Å². The molecule has 0 bridgehead atoms. The van der Waals surface area contributed by atoms with Gasteiger partial charge in [0.2, 0.25) is 11.8 Å². The monoisotopic (exact) mass is 388 g/mol. The molecule has 8 nitrogen and oxygen atoms in total. The molecule has 0 radical (unpaired) electrons. The van der Waals surface area contributed by atoms with Gasteiger partial charge in [-0.2, -0.15) is 0 Å². The highest BCUT2D eigenvalue weighted by molar-refractivity contribution is 5.84. The van der Waals surface area contributed by atoms with Crippen LogP contribution in [0.5, 0.6) is 0 Å². The zero-order valence-electron chi connectivity index (χ0n) is 16.7. The summed E-state index contributed by atoms with van der Waals surface area (Å²) in [7, 11) is 0. The van der Waals surface area contributed by atoms with E-state index in [2.05, 4.69) is 25.4 Å². The van der Waals surface area contributed by atoms with Crippen LogP contribution in [0, 0.1) is 5.92 Å². The van der Waals surface area contributed by atoms with E-state index in [1.165, 1.54) is 19.3 Å². The lowest BCUT2D eigenvalue weighted by Crippen LogP contribution is -2.44. The van der Waals surface area contributed by atoms with Crippen molar-refractivity contribution >= 4 is 11.8 Å². The molecule has 2 amide bonds. The first-order valence-corrected chi connectivity index (χ1v) is 10.9. The lowest BCUT2D eigenvalue weighted by molar-refractivity contribution is -0.134. The van der Waals surface area contributed by atoms with Crippen LogP contribution in [-0.2, 0) is 22.7 Å². The number of piperidine rings is 1. The first kappa shape index (κ1) is 19.4. The van der Waals surface area contributed by atoms with E-state index in [1.807, 2.05) is 4.90 Å². The van der Waals surface area contributed by atoms with Crippen LogP contribution in [0.1, 0.15) is 68.9 Å². The van der Waals surface area contributed by atoms with Gasteiger partial charge in [0.05, 0.1) is 13.1 Å². The molecular formula is C20H32N6O2. The summed E-state index contributed by atoms with van der Waals surface area (Å²) < 4.78 is 2.24. The minimum atomic E-state index is 0.0267. The molecule has 8 heteroatoms. The fourth-order valence-electron chi connectivity index (χ4n) is 4.82. The van der Waals surface area contributed by atoms with Gasteiger partial charge in [-0.3, -0.25) is 9.59 Å². The van der Waals surface area contributed by atoms with Crippen molar-refractivity contribution in [2.24, 2.45) is 5.92 Å². The normalized spacial score (nSPS) is 21.4. The van der Waals surface area contributed by atoms with E-state index in [0.717, 1.165) is 70.1 Å². The largest absolute Gasteiger partial charge is 0.347 e. The summed E-state index contributed by atoms with van der Waals surface area (Å²) in [5.41, 5.74) is 0. The van der Waals surface area contributed by atoms with E-state index >= 15 is 0 Å². The smallest absolute Gasteiger partial charge is 0.241 e. The van der Waals surface area contributed by atoms with Gasteiger partial charge >= 0.3 is 0 Å². The lowest BCUT2D eigenvalue weighted by atomic mass is 9.87. The second-order valence-electron chi connectivity index (χ2n) is 8.44. The number of likely N-dealkylation sites (tertiary alicyclic amines) is 1. The van der Waals surface area contributed by atoms with Crippen molar-refractivity contribution in [2.75, 3.05) is 26.2 Å². The average Bonchev–Trinajstić information content (AvgIpc) is 3.17. The highest BCUT2D eigenvalue weighted by Gasteiger charge is 2.29. The number of aromatic nitrogens is 3. The van der Waals surface area contributed by atoms with E-state index in [4.69, 9.17) is 0 Å². The summed E-state index contributed by atoms with van der Waals surface area (Å²) in [5, 5.41) is 14.9. The van der Waals surface area contributed by atoms with Crippen molar-refractivity contribution in [2.45, 2.75) is 70.4 Å². The van der Waals surface area contributed by atoms with Gasteiger partial charge in [-0.25, -0.2) is 0 Å². The molecule has 28 heavy (non-hydrogen) atoms. The third kappa shape index (κ3) is 4.54. The number of nitrogens with zero attached hydrogens (tertiary/aromatic N) is 4. The Kier molecular flexibility index (Phi) is 6.24. The van der Waals surface area contributed by atoms with E-state index in [-0.39, 0.29) is 18.4 Å². The maximum Gasteiger partial charge on any atom is 0.241 e. The molecule has 154 valence electrons. The predicted molar refractivity (Wildman–Crippen MR) is 104 cm³/mol. The molecule has 1 saturated heterocycles. The van der Waals surface area contributed by atoms with Gasteiger partial charge in [0, 0.05) is 38.5 Å². The van der Waals surface area contributed by atoms with Gasteiger partial charge in [0.25, 0.3) is 0 Å². The van der Waals surface area contributed by atoms with E-state index in [0.29, 0.717) is 18.3 Å². The first-order valence-electron chi connectivity index (χ1n) is 10.9. The van der Waals surface area contributed by atoms with Crippen molar-refractivity contribution in [3.63, 3.8) is 0 Å². The summed E-state index contributed by atoms with van der Waals surface area (Å²) in [4.78, 5) is 26.5. The first-order chi connectivity index (χ1) is 13.7. The summed E-state index contributed by atoms with van der Waals surface area (Å²) in [6, 6.07) is 0. The minimum absolute atomic E-state index is 0.0267. The number of fused-ring (bicyclic) bond motifs is 1. The molecule has 0 atom stereocenters. The quantitative estimate of drug-likeness (QED) is 0.790. The maximum atomic E-state index is 12.5. The zero-order chi connectivity index (χ0) is 19.3. The van der Waals surface area contributed by atoms with E-state index < -0.39 is 0 Å². The molecule has 2 aliphatic heterocycles. The van der Waals surface area contributed by atoms with Gasteiger partial charge in [-0.05, 0) is 31.6 Å². The summed E-state index contributed by atoms with van der Waals surface area (Å²) in [6.07, 6.45) is 8.45. The topological polar surface area (TPSA) is 92.2 Å². The van der Waals surface area contributed by atoms with Crippen LogP contribution in [0.25, 0.3) is 0 Å². The zero-order valence-corrected chi connectivity index (χ0v) is 16.7. The Morgan fingerprint density at radius 3 is 2.61 bits per heavy atom. The molecule has 3 heterocycles. The van der Waals surface area contributed by atoms with Crippen LogP contribution in [-0.4, -0.2) is 57.7 Å². The van der Waals surface area contributed by atoms with Crippen LogP contribution in [0.2, 0.25) is 0 Å². The fourth-order valence-corrected chi connectivity index (χ4v) is 4.82. The van der Waals surface area contributed by atoms with Crippen LogP contribution in [0.4, 0.5) is 0 Å². The molecule has 4 rings (SSSR count). The van der Waals surface area contributed by atoms with Gasteiger partial charge in [-0.1, -0.05) is 19.3 Å². The third-order valence-corrected chi connectivity index (χ3v) is 6.50. The average molecular weight is 389 g/mol. The summed E-state index contributed by atoms with van der Waals surface area (Å²) in [5.74, 6) is 3.01. The third-order valence-electron chi connectivity index (χ3n) is 6.50. The molecule has 0 spiro atoms. The molecule has 2 N–H and O–H groups in total. The SMILES string of the molecule is O=C(CC1CCCCC1)NCC(=O)N1CCC(c2nnc3n2CCNC3)CC1. The Labute approximate surface area is 166 Å². The Morgan fingerprint density at radius 2 is 1.82 bits per heavy atom. The number of hydrogen-bond acceptors (Lipinski definition) is 5. The second kappa shape index (κ2) is 9.03. The maximum absolute atomic E-state index is 12.5. The van der Waals surface area contributed by atoms with E-state index in [9.17, 15) is 9.59 Å². The van der Waals surface area contributed by atoms with Crippen molar-refractivity contribution < 1.29 is 9.59 Å². The van der Waals surface area contributed by atoms with Crippen LogP contribution < -0.4 is 10.6 Å². The van der Waals surface area contributed by atoms with Crippen LogP contribution in [0.3, 0.4) is 0 Å². The number of carbonyl (C=O) groups excluding carboxylic acids is 2. The molecule has 2 fully saturated rings. The van der Waals surface area contributed by atoms with Crippen molar-refractivity contribution in [3.8, 4) is 0 Å². The number of amides is 2. The molecule has 0 aromatic carbocycles. The van der Waals surface area contributed by atoms with Crippen molar-refractivity contribution in [3.05, 3.63) is 11.6 Å². The Hall–Kier alpha value is -1.96. The predicted octanol–water partition coefficient (Wildman–Crippen LogP) is 1.17. The van der Waals surface area contributed by atoms with Crippen molar-refractivity contribution in [1.29, 1.82) is 0 Å². The highest BCUT2D eigenvalue weighted by Crippen LogP contribution is 2.28. The summed E-state index contributed by atoms with van der Waals surface area (Å²) in [6.45, 7) is 4.23. The Bertz CT molecular complexity index is 689. The van der Waals surface area contributed by atoms with E-state index in [1.54, 1.807) is 0 Å². The Morgan fingerprint density at radius 1 is 1.04 bits per heavy atom. The lowest BCUT2D eigenvalue weighted by Gasteiger charge is -2.32. The molecule has 1 aromatic rings. The Balaban J connectivity index is 1.21. The molecule has 3 aliphatic rings. The summed E-state index contributed by atoms with van der Waals surface area (Å²) >= 11 is 0. The van der Waals surface area contributed by atoms with Gasteiger partial charge < -0.3 is 20.1 Å². The van der Waals surface area contributed by atoms with Crippen LogP contribution >= 0.6 is 0 Å². The molecular weight excluding hydrogens is 356 g/mol. The number of carbonyl (C=O) groups is 2. The van der Waals surface area contributed by atoms with Crippen LogP contribution in [0.15, 0.2) is 0 Å². The molecule has 1 aliphatic carbocycles. The fraction of sp³-hybridized carbons (Fsp3) is 0.800.